The Bertz CT molecular complexity index is 473. The van der Waals surface area contributed by atoms with Crippen LogP contribution in [0.15, 0.2) is 24.8 Å². The van der Waals surface area contributed by atoms with Gasteiger partial charge in [-0.1, -0.05) is 0 Å². The number of aromatic nitrogens is 4. The van der Waals surface area contributed by atoms with Gasteiger partial charge in [0, 0.05) is 18.1 Å². The number of hydrogen-bond donors (Lipinski definition) is 2. The van der Waals surface area contributed by atoms with Crippen molar-refractivity contribution in [2.75, 3.05) is 13.1 Å². The van der Waals surface area contributed by atoms with Crippen molar-refractivity contribution in [1.29, 1.82) is 0 Å². The Hall–Kier alpha value is -1.75. The number of nitrogens with one attached hydrogen (secondary N) is 2. The predicted octanol–water partition coefficient (Wildman–Crippen LogP) is 1.02. The summed E-state index contributed by atoms with van der Waals surface area (Å²) in [5.41, 5.74) is 1.96. The van der Waals surface area contributed by atoms with E-state index in [4.69, 9.17) is 0 Å². The van der Waals surface area contributed by atoms with Crippen molar-refractivity contribution < 1.29 is 0 Å². The zero-order valence-electron chi connectivity index (χ0n) is 9.56. The van der Waals surface area contributed by atoms with E-state index in [0.717, 1.165) is 36.7 Å². The molecule has 5 heteroatoms. The minimum atomic E-state index is 0.703. The number of nitrogens with zero attached hydrogens (tertiary/aromatic N) is 3. The Morgan fingerprint density at radius 2 is 2.29 bits per heavy atom. The van der Waals surface area contributed by atoms with Gasteiger partial charge in [0.1, 0.15) is 12.0 Å². The average Bonchev–Trinajstić information content (AvgIpc) is 3.01. The van der Waals surface area contributed by atoms with Crippen LogP contribution in [0.2, 0.25) is 0 Å². The highest BCUT2D eigenvalue weighted by atomic mass is 14.9. The van der Waals surface area contributed by atoms with Gasteiger partial charge in [0.2, 0.25) is 0 Å². The van der Waals surface area contributed by atoms with Gasteiger partial charge >= 0.3 is 0 Å². The van der Waals surface area contributed by atoms with Crippen LogP contribution in [0.1, 0.15) is 12.1 Å². The summed E-state index contributed by atoms with van der Waals surface area (Å²) in [6.45, 7) is 2.22. The third-order valence-corrected chi connectivity index (χ3v) is 3.12. The molecule has 1 atom stereocenters. The molecule has 0 aliphatic carbocycles. The molecule has 1 aliphatic heterocycles. The Balaban J connectivity index is 1.79. The number of hydrogen-bond acceptors (Lipinski definition) is 4. The van der Waals surface area contributed by atoms with Gasteiger partial charge in [-0.3, -0.25) is 0 Å². The molecule has 0 radical (unpaired) electrons. The Labute approximate surface area is 99.7 Å². The van der Waals surface area contributed by atoms with E-state index in [-0.39, 0.29) is 0 Å². The van der Waals surface area contributed by atoms with Crippen molar-refractivity contribution in [3.63, 3.8) is 0 Å². The van der Waals surface area contributed by atoms with Crippen molar-refractivity contribution in [2.45, 2.75) is 12.8 Å². The van der Waals surface area contributed by atoms with E-state index in [1.807, 2.05) is 6.07 Å². The predicted molar refractivity (Wildman–Crippen MR) is 64.3 cm³/mol. The molecular weight excluding hydrogens is 214 g/mol. The molecule has 2 N–H and O–H groups in total. The molecule has 1 saturated heterocycles. The molecule has 2 aromatic rings. The number of aromatic amines is 1. The smallest absolute Gasteiger partial charge is 0.156 e. The van der Waals surface area contributed by atoms with Crippen LogP contribution in [-0.2, 0) is 6.42 Å². The maximum Gasteiger partial charge on any atom is 0.156 e. The van der Waals surface area contributed by atoms with Crippen molar-refractivity contribution in [1.82, 2.24) is 25.3 Å². The standard InChI is InChI=1S/C12H15N5/c1-2-13-7-9(1)5-10-6-11(17-8-16-10)12-14-3-4-15-12/h3-4,6,8-9,13H,1-2,5,7H2,(H,14,15). The molecule has 1 fully saturated rings. The fourth-order valence-electron chi connectivity index (χ4n) is 2.23. The zero-order chi connectivity index (χ0) is 11.5. The largest absolute Gasteiger partial charge is 0.343 e. The monoisotopic (exact) mass is 229 g/mol. The summed E-state index contributed by atoms with van der Waals surface area (Å²) in [6, 6.07) is 2.02. The molecule has 0 spiro atoms. The maximum absolute atomic E-state index is 4.33. The first-order valence-electron chi connectivity index (χ1n) is 5.93. The van der Waals surface area contributed by atoms with Gasteiger partial charge in [0.05, 0.1) is 0 Å². The second kappa shape index (κ2) is 4.63. The molecule has 17 heavy (non-hydrogen) atoms. The number of H-pyrrole nitrogens is 1. The number of rotatable bonds is 3. The molecule has 0 aromatic carbocycles. The van der Waals surface area contributed by atoms with Crippen LogP contribution in [0.3, 0.4) is 0 Å². The van der Waals surface area contributed by atoms with Crippen molar-refractivity contribution in [3.8, 4) is 11.5 Å². The Morgan fingerprint density at radius 3 is 3.06 bits per heavy atom. The van der Waals surface area contributed by atoms with Crippen LogP contribution in [-0.4, -0.2) is 33.0 Å². The minimum absolute atomic E-state index is 0.703. The second-order valence-corrected chi connectivity index (χ2v) is 4.40. The van der Waals surface area contributed by atoms with Crippen LogP contribution >= 0.6 is 0 Å². The van der Waals surface area contributed by atoms with E-state index in [0.29, 0.717) is 5.92 Å². The normalized spacial score (nSPS) is 19.6. The maximum atomic E-state index is 4.33. The van der Waals surface area contributed by atoms with E-state index in [1.165, 1.54) is 6.42 Å². The van der Waals surface area contributed by atoms with Crippen LogP contribution in [0.4, 0.5) is 0 Å². The highest BCUT2D eigenvalue weighted by Crippen LogP contribution is 2.16. The number of imidazole rings is 1. The molecule has 2 aromatic heterocycles. The molecule has 5 nitrogen and oxygen atoms in total. The topological polar surface area (TPSA) is 66.5 Å². The summed E-state index contributed by atoms with van der Waals surface area (Å²) in [4.78, 5) is 15.8. The summed E-state index contributed by atoms with van der Waals surface area (Å²) in [6.07, 6.45) is 7.41. The molecule has 0 saturated carbocycles. The summed E-state index contributed by atoms with van der Waals surface area (Å²) < 4.78 is 0. The molecular formula is C12H15N5. The first-order valence-corrected chi connectivity index (χ1v) is 5.93. The van der Waals surface area contributed by atoms with E-state index in [9.17, 15) is 0 Å². The quantitative estimate of drug-likeness (QED) is 0.824. The lowest BCUT2D eigenvalue weighted by Crippen LogP contribution is -2.11. The molecule has 1 aliphatic rings. The Kier molecular flexibility index (Phi) is 2.83. The van der Waals surface area contributed by atoms with Crippen LogP contribution in [0.25, 0.3) is 11.5 Å². The van der Waals surface area contributed by atoms with Crippen molar-refractivity contribution in [3.05, 3.63) is 30.5 Å². The lowest BCUT2D eigenvalue weighted by atomic mass is 10.0. The van der Waals surface area contributed by atoms with Crippen LogP contribution in [0.5, 0.6) is 0 Å². The van der Waals surface area contributed by atoms with Gasteiger partial charge in [-0.2, -0.15) is 0 Å². The summed E-state index contributed by atoms with van der Waals surface area (Å²) in [5, 5.41) is 3.37. The molecule has 88 valence electrons. The van der Waals surface area contributed by atoms with Crippen molar-refractivity contribution >= 4 is 0 Å². The van der Waals surface area contributed by atoms with Crippen LogP contribution in [0, 0.1) is 5.92 Å². The van der Waals surface area contributed by atoms with Crippen molar-refractivity contribution in [2.24, 2.45) is 5.92 Å². The van der Waals surface area contributed by atoms with Gasteiger partial charge in [-0.05, 0) is 37.9 Å². The molecule has 1 unspecified atom stereocenters. The average molecular weight is 229 g/mol. The second-order valence-electron chi connectivity index (χ2n) is 4.40. The highest BCUT2D eigenvalue weighted by molar-refractivity contribution is 5.48. The van der Waals surface area contributed by atoms with Gasteiger partial charge in [0.25, 0.3) is 0 Å². The van der Waals surface area contributed by atoms with E-state index >= 15 is 0 Å². The van der Waals surface area contributed by atoms with Crippen LogP contribution < -0.4 is 5.32 Å². The summed E-state index contributed by atoms with van der Waals surface area (Å²) in [5.74, 6) is 1.51. The first kappa shape index (κ1) is 10.4. The minimum Gasteiger partial charge on any atom is -0.343 e. The lowest BCUT2D eigenvalue weighted by molar-refractivity contribution is 0.571. The van der Waals surface area contributed by atoms with Gasteiger partial charge < -0.3 is 10.3 Å². The molecule has 0 amide bonds. The van der Waals surface area contributed by atoms with Gasteiger partial charge in [0.15, 0.2) is 5.82 Å². The lowest BCUT2D eigenvalue weighted by Gasteiger charge is -2.07. The molecule has 0 bridgehead atoms. The van der Waals surface area contributed by atoms with E-state index in [1.54, 1.807) is 18.7 Å². The SMILES string of the molecule is c1nc(CC2CCNC2)cc(-c2ncc[nH]2)n1. The van der Waals surface area contributed by atoms with E-state index < -0.39 is 0 Å². The molecule has 3 heterocycles. The van der Waals surface area contributed by atoms with Gasteiger partial charge in [-0.15, -0.1) is 0 Å². The van der Waals surface area contributed by atoms with E-state index in [2.05, 4.69) is 25.3 Å². The summed E-state index contributed by atoms with van der Waals surface area (Å²) in [7, 11) is 0. The third kappa shape index (κ3) is 2.34. The Morgan fingerprint density at radius 1 is 1.29 bits per heavy atom. The molecule has 3 rings (SSSR count). The fourth-order valence-corrected chi connectivity index (χ4v) is 2.23. The zero-order valence-corrected chi connectivity index (χ0v) is 9.56. The highest BCUT2D eigenvalue weighted by Gasteiger charge is 2.16. The first-order chi connectivity index (χ1) is 8.42. The fraction of sp³-hybridized carbons (Fsp3) is 0.417. The van der Waals surface area contributed by atoms with Gasteiger partial charge in [-0.25, -0.2) is 15.0 Å². The third-order valence-electron chi connectivity index (χ3n) is 3.12. The summed E-state index contributed by atoms with van der Waals surface area (Å²) >= 11 is 0.